The molecule has 1 fully saturated rings. The van der Waals surface area contributed by atoms with Crippen molar-refractivity contribution in [2.75, 3.05) is 6.54 Å². The van der Waals surface area contributed by atoms with Crippen molar-refractivity contribution in [1.29, 1.82) is 0 Å². The van der Waals surface area contributed by atoms with E-state index < -0.39 is 0 Å². The molecular formula is C21H26LiN4O2-. The van der Waals surface area contributed by atoms with Gasteiger partial charge in [0.25, 0.3) is 0 Å². The maximum absolute atomic E-state index is 12.2. The Labute approximate surface area is 178 Å². The molecule has 7 heteroatoms. The molecule has 1 saturated carbocycles. The summed E-state index contributed by atoms with van der Waals surface area (Å²) in [5.74, 6) is 1.14. The quantitative estimate of drug-likeness (QED) is 0.324. The van der Waals surface area contributed by atoms with Gasteiger partial charge >= 0.3 is 18.9 Å². The fourth-order valence-electron chi connectivity index (χ4n) is 2.58. The average molecular weight is 373 g/mol. The summed E-state index contributed by atoms with van der Waals surface area (Å²) in [6.45, 7) is 5.74. The SMILES string of the molecule is C/C(=C\C(=[N-])C1CC1)C(=O)CN[C@H](C)c1nc(-c2cccc(C)c2)no1.[CH3-].[Li+]. The summed E-state index contributed by atoms with van der Waals surface area (Å²) in [6.07, 6.45) is 3.58. The number of carbonyl (C=O) groups excluding carboxylic acids is 1. The molecular weight excluding hydrogens is 347 g/mol. The van der Waals surface area contributed by atoms with E-state index in [9.17, 15) is 10.2 Å². The van der Waals surface area contributed by atoms with Crippen molar-refractivity contribution in [2.45, 2.75) is 39.7 Å². The van der Waals surface area contributed by atoms with E-state index in [0.29, 0.717) is 23.0 Å². The number of allylic oxidation sites excluding steroid dienone is 1. The molecule has 1 aromatic carbocycles. The average Bonchev–Trinajstić information content (AvgIpc) is 3.36. The van der Waals surface area contributed by atoms with Crippen LogP contribution >= 0.6 is 0 Å². The second-order valence-electron chi connectivity index (χ2n) is 6.88. The molecule has 6 nitrogen and oxygen atoms in total. The Bertz CT molecular complexity index is 856. The van der Waals surface area contributed by atoms with Crippen molar-refractivity contribution in [3.63, 3.8) is 0 Å². The molecule has 3 rings (SSSR count). The molecule has 0 aliphatic heterocycles. The Morgan fingerprint density at radius 1 is 1.43 bits per heavy atom. The van der Waals surface area contributed by atoms with E-state index >= 15 is 0 Å². The molecule has 0 unspecified atom stereocenters. The molecule has 28 heavy (non-hydrogen) atoms. The minimum Gasteiger partial charge on any atom is -0.807 e. The predicted molar refractivity (Wildman–Crippen MR) is 107 cm³/mol. The number of ketones is 1. The van der Waals surface area contributed by atoms with Gasteiger partial charge in [-0.3, -0.25) is 10.1 Å². The first kappa shape index (κ1) is 24.0. The first-order valence-electron chi connectivity index (χ1n) is 8.85. The first-order chi connectivity index (χ1) is 12.4. The molecule has 144 valence electrons. The van der Waals surface area contributed by atoms with Crippen LogP contribution in [0.1, 0.15) is 44.2 Å². The van der Waals surface area contributed by atoms with E-state index in [1.165, 1.54) is 0 Å². The van der Waals surface area contributed by atoms with Crippen LogP contribution in [0.3, 0.4) is 0 Å². The Morgan fingerprint density at radius 3 is 2.79 bits per heavy atom. The van der Waals surface area contributed by atoms with Crippen LogP contribution in [0, 0.1) is 20.3 Å². The largest absolute Gasteiger partial charge is 1.00 e. The van der Waals surface area contributed by atoms with E-state index in [-0.39, 0.29) is 50.6 Å². The number of nitrogens with one attached hydrogen (secondary N) is 1. The second kappa shape index (κ2) is 10.5. The van der Waals surface area contributed by atoms with Gasteiger partial charge < -0.3 is 17.4 Å². The van der Waals surface area contributed by atoms with E-state index in [1.54, 1.807) is 13.0 Å². The molecule has 0 spiro atoms. The summed E-state index contributed by atoms with van der Waals surface area (Å²) in [6, 6.07) is 7.63. The van der Waals surface area contributed by atoms with Crippen LogP contribution in [-0.4, -0.2) is 28.2 Å². The molecule has 1 aliphatic carbocycles. The molecule has 0 saturated heterocycles. The second-order valence-corrected chi connectivity index (χ2v) is 6.88. The van der Waals surface area contributed by atoms with Crippen LogP contribution in [0.25, 0.3) is 16.8 Å². The zero-order valence-corrected chi connectivity index (χ0v) is 17.3. The molecule has 0 amide bonds. The zero-order chi connectivity index (χ0) is 18.7. The van der Waals surface area contributed by atoms with E-state index in [1.807, 2.05) is 38.1 Å². The third kappa shape index (κ3) is 6.27. The van der Waals surface area contributed by atoms with Crippen molar-refractivity contribution in [1.82, 2.24) is 15.5 Å². The summed E-state index contributed by atoms with van der Waals surface area (Å²) in [4.78, 5) is 16.6. The standard InChI is InChI=1S/C20H23N4O2.CH3.Li/c1-12-5-4-6-16(9-12)19-23-20(26-24-19)14(3)22-11-18(25)13(2)10-17(21)15-7-8-15;;/h4-6,9-10,14-15,22H,7-8,11H2,1-3H3;1H3;/q2*-1;+1/b13-10+;;/t14-;;/m1../s1. The van der Waals surface area contributed by atoms with Gasteiger partial charge in [-0.2, -0.15) is 10.7 Å². The van der Waals surface area contributed by atoms with E-state index in [4.69, 9.17) is 4.52 Å². The van der Waals surface area contributed by atoms with Gasteiger partial charge in [-0.05, 0) is 51.2 Å². The van der Waals surface area contributed by atoms with Gasteiger partial charge in [0.2, 0.25) is 11.7 Å². The van der Waals surface area contributed by atoms with Crippen LogP contribution in [0.5, 0.6) is 0 Å². The van der Waals surface area contributed by atoms with Gasteiger partial charge in [-0.15, -0.1) is 0 Å². The number of benzene rings is 1. The summed E-state index contributed by atoms with van der Waals surface area (Å²) >= 11 is 0. The van der Waals surface area contributed by atoms with Crippen molar-refractivity contribution >= 4 is 11.5 Å². The number of carbonyl (C=O) groups is 1. The third-order valence-corrected chi connectivity index (χ3v) is 4.46. The molecule has 1 atom stereocenters. The van der Waals surface area contributed by atoms with Crippen molar-refractivity contribution in [2.24, 2.45) is 5.92 Å². The first-order valence-corrected chi connectivity index (χ1v) is 8.85. The molecule has 2 aromatic rings. The monoisotopic (exact) mass is 373 g/mol. The number of Topliss-reactive ketones (excluding diaryl/α,β-unsaturated/α-hetero) is 1. The fraction of sp³-hybridized carbons (Fsp3) is 0.381. The molecule has 0 bridgehead atoms. The van der Waals surface area contributed by atoms with Crippen LogP contribution < -0.4 is 24.2 Å². The van der Waals surface area contributed by atoms with Crippen LogP contribution in [0.15, 0.2) is 40.4 Å². The predicted octanol–water partition coefficient (Wildman–Crippen LogP) is 1.09. The van der Waals surface area contributed by atoms with Gasteiger partial charge in [-0.25, -0.2) is 0 Å². The summed E-state index contributed by atoms with van der Waals surface area (Å²) < 4.78 is 5.32. The Balaban J connectivity index is 0.00000196. The third-order valence-electron chi connectivity index (χ3n) is 4.46. The summed E-state index contributed by atoms with van der Waals surface area (Å²) in [7, 11) is 0. The molecule has 0 radical (unpaired) electrons. The van der Waals surface area contributed by atoms with Gasteiger partial charge in [0.1, 0.15) is 0 Å². The van der Waals surface area contributed by atoms with E-state index in [2.05, 4.69) is 15.5 Å². The van der Waals surface area contributed by atoms with Gasteiger partial charge in [0.15, 0.2) is 5.78 Å². The fourth-order valence-corrected chi connectivity index (χ4v) is 2.58. The summed E-state index contributed by atoms with van der Waals surface area (Å²) in [5, 5.41) is 16.9. The van der Waals surface area contributed by atoms with Crippen LogP contribution in [0.2, 0.25) is 0 Å². The molecule has 1 aliphatic rings. The van der Waals surface area contributed by atoms with Gasteiger partial charge in [0, 0.05) is 5.56 Å². The number of aromatic nitrogens is 2. The maximum Gasteiger partial charge on any atom is 1.00 e. The van der Waals surface area contributed by atoms with Gasteiger partial charge in [0.05, 0.1) is 12.6 Å². The van der Waals surface area contributed by atoms with Crippen molar-refractivity contribution in [3.05, 3.63) is 60.2 Å². The topological polar surface area (TPSA) is 90.3 Å². The van der Waals surface area contributed by atoms with Gasteiger partial charge in [-0.1, -0.05) is 35.0 Å². The van der Waals surface area contributed by atoms with Crippen LogP contribution in [0.4, 0.5) is 0 Å². The Morgan fingerprint density at radius 2 is 2.14 bits per heavy atom. The molecule has 1 heterocycles. The minimum absolute atomic E-state index is 0. The number of aryl methyl sites for hydroxylation is 1. The Hall–Kier alpha value is -2.00. The summed E-state index contributed by atoms with van der Waals surface area (Å²) in [5.41, 5.74) is 2.87. The van der Waals surface area contributed by atoms with Crippen molar-refractivity contribution in [3.8, 4) is 11.4 Å². The molecule has 1 N–H and O–H groups in total. The normalized spacial score (nSPS) is 14.6. The van der Waals surface area contributed by atoms with Crippen molar-refractivity contribution < 1.29 is 28.2 Å². The number of hydrogen-bond acceptors (Lipinski definition) is 5. The minimum atomic E-state index is -0.251. The number of nitrogens with zero attached hydrogens (tertiary/aromatic N) is 3. The maximum atomic E-state index is 12.2. The van der Waals surface area contributed by atoms with Crippen LogP contribution in [-0.2, 0) is 4.79 Å². The smallest absolute Gasteiger partial charge is 0.807 e. The molecule has 1 aromatic heterocycles. The number of rotatable bonds is 8. The van der Waals surface area contributed by atoms with E-state index in [0.717, 1.165) is 24.0 Å². The number of hydrogen-bond donors (Lipinski definition) is 1. The Kier molecular flexibility index (Phi) is 9.03. The zero-order valence-electron chi connectivity index (χ0n) is 17.3.